The maximum Gasteiger partial charge on any atom is 0.407 e. The van der Waals surface area contributed by atoms with E-state index in [1.54, 1.807) is 0 Å². The molecule has 2 aromatic carbocycles. The summed E-state index contributed by atoms with van der Waals surface area (Å²) in [5, 5.41) is 14.3. The van der Waals surface area contributed by atoms with Gasteiger partial charge in [0.25, 0.3) is 0 Å². The molecule has 2 atom stereocenters. The Bertz CT molecular complexity index is 980. The molecule has 9 heteroatoms. The zero-order chi connectivity index (χ0) is 24.7. The maximum atomic E-state index is 12.7. The number of carbonyl (C=O) groups excluding carboxylic acids is 2. The molecule has 0 spiro atoms. The van der Waals surface area contributed by atoms with Gasteiger partial charge in [0.2, 0.25) is 5.91 Å². The molecule has 0 radical (unpaired) electrons. The Kier molecular flexibility index (Phi) is 8.61. The summed E-state index contributed by atoms with van der Waals surface area (Å²) in [5.74, 6) is -1.94. The monoisotopic (exact) mass is 469 g/mol. The van der Waals surface area contributed by atoms with E-state index >= 15 is 0 Å². The van der Waals surface area contributed by atoms with E-state index in [-0.39, 0.29) is 25.6 Å². The zero-order valence-electron chi connectivity index (χ0n) is 19.6. The lowest BCUT2D eigenvalue weighted by atomic mass is 9.98. The average Bonchev–Trinajstić information content (AvgIpc) is 3.13. The number of fused-ring (bicyclic) bond motifs is 3. The molecule has 34 heavy (non-hydrogen) atoms. The first-order chi connectivity index (χ1) is 16.3. The molecular weight excluding hydrogens is 438 g/mol. The highest BCUT2D eigenvalue weighted by molar-refractivity contribution is 5.89. The van der Waals surface area contributed by atoms with Crippen LogP contribution in [0.1, 0.15) is 23.5 Å². The van der Waals surface area contributed by atoms with Crippen LogP contribution in [0.4, 0.5) is 4.79 Å². The highest BCUT2D eigenvalue weighted by atomic mass is 16.5. The Morgan fingerprint density at radius 3 is 2.09 bits per heavy atom. The molecule has 9 nitrogen and oxygen atoms in total. The summed E-state index contributed by atoms with van der Waals surface area (Å²) in [6.45, 7) is 0.430. The molecule has 0 bridgehead atoms. The van der Waals surface area contributed by atoms with Gasteiger partial charge >= 0.3 is 12.1 Å². The van der Waals surface area contributed by atoms with E-state index in [0.717, 1.165) is 22.3 Å². The van der Waals surface area contributed by atoms with Gasteiger partial charge in [-0.2, -0.15) is 0 Å². The topological polar surface area (TPSA) is 117 Å². The first-order valence-corrected chi connectivity index (χ1v) is 11.1. The number of hydrogen-bond acceptors (Lipinski definition) is 6. The second kappa shape index (κ2) is 11.6. The summed E-state index contributed by atoms with van der Waals surface area (Å²) in [6.07, 6.45) is -0.457. The molecule has 0 heterocycles. The van der Waals surface area contributed by atoms with Crippen LogP contribution < -0.4 is 10.6 Å². The van der Waals surface area contributed by atoms with E-state index in [9.17, 15) is 19.5 Å². The van der Waals surface area contributed by atoms with Crippen LogP contribution in [-0.4, -0.2) is 81.0 Å². The summed E-state index contributed by atoms with van der Waals surface area (Å²) in [5.41, 5.74) is 4.41. The summed E-state index contributed by atoms with van der Waals surface area (Å²) in [4.78, 5) is 38.6. The van der Waals surface area contributed by atoms with E-state index in [1.165, 1.54) is 7.11 Å². The molecule has 0 aromatic heterocycles. The summed E-state index contributed by atoms with van der Waals surface area (Å²) >= 11 is 0. The maximum absolute atomic E-state index is 12.7. The van der Waals surface area contributed by atoms with Gasteiger partial charge in [0.05, 0.1) is 6.61 Å². The van der Waals surface area contributed by atoms with Gasteiger partial charge in [-0.3, -0.25) is 4.79 Å². The van der Waals surface area contributed by atoms with Crippen LogP contribution in [0, 0.1) is 0 Å². The van der Waals surface area contributed by atoms with Crippen LogP contribution in [0.3, 0.4) is 0 Å². The van der Waals surface area contributed by atoms with Crippen molar-refractivity contribution in [3.05, 3.63) is 59.7 Å². The fraction of sp³-hybridized carbons (Fsp3) is 0.400. The average molecular weight is 470 g/mol. The molecule has 1 aliphatic rings. The highest BCUT2D eigenvalue weighted by Crippen LogP contribution is 2.44. The smallest absolute Gasteiger partial charge is 0.407 e. The molecule has 182 valence electrons. The standard InChI is InChI=1S/C25H31N3O6/c1-28(2)13-12-21(23(29)26-22(15-33-3)24(30)31)27-25(32)34-14-20-18-10-6-4-8-16(18)17-9-5-7-11-19(17)20/h4-11,20-22H,12-15H2,1-3H3,(H,26,29)(H,27,32)(H,30,31)/t21?,22-/m0/s1. The van der Waals surface area contributed by atoms with Crippen LogP contribution in [0.2, 0.25) is 0 Å². The number of carboxylic acid groups (broad SMARTS) is 1. The van der Waals surface area contributed by atoms with Crippen molar-refractivity contribution in [1.29, 1.82) is 0 Å². The predicted molar refractivity (Wildman–Crippen MR) is 127 cm³/mol. The number of aliphatic carboxylic acids is 1. The lowest BCUT2D eigenvalue weighted by Crippen LogP contribution is -2.53. The number of alkyl carbamates (subject to hydrolysis) is 1. The third-order valence-corrected chi connectivity index (χ3v) is 5.77. The van der Waals surface area contributed by atoms with Crippen LogP contribution in [-0.2, 0) is 19.1 Å². The quantitative estimate of drug-likeness (QED) is 0.461. The Morgan fingerprint density at radius 2 is 1.56 bits per heavy atom. The van der Waals surface area contributed by atoms with Gasteiger partial charge in [0.1, 0.15) is 12.6 Å². The largest absolute Gasteiger partial charge is 0.480 e. The van der Waals surface area contributed by atoms with Crippen molar-refractivity contribution in [2.24, 2.45) is 0 Å². The number of carboxylic acids is 1. The van der Waals surface area contributed by atoms with Gasteiger partial charge in [0.15, 0.2) is 6.04 Å². The minimum absolute atomic E-state index is 0.106. The Labute approximate surface area is 199 Å². The van der Waals surface area contributed by atoms with Crippen LogP contribution >= 0.6 is 0 Å². The van der Waals surface area contributed by atoms with Crippen molar-refractivity contribution in [3.8, 4) is 11.1 Å². The third kappa shape index (κ3) is 6.12. The highest BCUT2D eigenvalue weighted by Gasteiger charge is 2.30. The lowest BCUT2D eigenvalue weighted by Gasteiger charge is -2.23. The number of ether oxygens (including phenoxy) is 2. The Balaban J connectivity index is 1.66. The van der Waals surface area contributed by atoms with Gasteiger partial charge in [-0.25, -0.2) is 9.59 Å². The number of hydrogen-bond donors (Lipinski definition) is 3. The molecule has 0 aliphatic heterocycles. The number of methoxy groups -OCH3 is 1. The molecule has 1 aliphatic carbocycles. The second-order valence-corrected chi connectivity index (χ2v) is 8.47. The van der Waals surface area contributed by atoms with Crippen molar-refractivity contribution in [2.45, 2.75) is 24.4 Å². The van der Waals surface area contributed by atoms with Gasteiger partial charge in [0, 0.05) is 13.0 Å². The lowest BCUT2D eigenvalue weighted by molar-refractivity contribution is -0.143. The first-order valence-electron chi connectivity index (χ1n) is 11.1. The predicted octanol–water partition coefficient (Wildman–Crippen LogP) is 2.06. The molecule has 0 saturated carbocycles. The number of amides is 2. The molecule has 3 N–H and O–H groups in total. The Hall–Kier alpha value is -3.43. The van der Waals surface area contributed by atoms with Crippen molar-refractivity contribution in [1.82, 2.24) is 15.5 Å². The summed E-state index contributed by atoms with van der Waals surface area (Å²) < 4.78 is 10.4. The van der Waals surface area contributed by atoms with E-state index < -0.39 is 30.1 Å². The number of nitrogens with one attached hydrogen (secondary N) is 2. The molecule has 0 fully saturated rings. The summed E-state index contributed by atoms with van der Waals surface area (Å²) in [6, 6.07) is 13.8. The van der Waals surface area contributed by atoms with E-state index in [4.69, 9.17) is 9.47 Å². The van der Waals surface area contributed by atoms with Gasteiger partial charge in [-0.15, -0.1) is 0 Å². The van der Waals surface area contributed by atoms with Crippen LogP contribution in [0.15, 0.2) is 48.5 Å². The zero-order valence-corrected chi connectivity index (χ0v) is 19.6. The molecule has 0 saturated heterocycles. The molecule has 3 rings (SSSR count). The second-order valence-electron chi connectivity index (χ2n) is 8.47. The number of rotatable bonds is 11. The van der Waals surface area contributed by atoms with Crippen molar-refractivity contribution < 1.29 is 29.0 Å². The first kappa shape index (κ1) is 25.2. The minimum atomic E-state index is -1.22. The van der Waals surface area contributed by atoms with Gasteiger partial charge in [-0.05, 0) is 49.3 Å². The van der Waals surface area contributed by atoms with E-state index in [1.807, 2.05) is 55.4 Å². The van der Waals surface area contributed by atoms with Gasteiger partial charge < -0.3 is 30.1 Å². The number of benzene rings is 2. The van der Waals surface area contributed by atoms with Crippen LogP contribution in [0.5, 0.6) is 0 Å². The molecular formula is C25H31N3O6. The number of nitrogens with zero attached hydrogens (tertiary/aromatic N) is 1. The fourth-order valence-electron chi connectivity index (χ4n) is 4.05. The number of carbonyl (C=O) groups is 3. The van der Waals surface area contributed by atoms with Crippen molar-refractivity contribution in [2.75, 3.05) is 41.0 Å². The van der Waals surface area contributed by atoms with Crippen molar-refractivity contribution >= 4 is 18.0 Å². The van der Waals surface area contributed by atoms with Crippen LogP contribution in [0.25, 0.3) is 11.1 Å². The normalized spacial score (nSPS) is 14.1. The molecule has 1 unspecified atom stereocenters. The Morgan fingerprint density at radius 1 is 0.971 bits per heavy atom. The van der Waals surface area contributed by atoms with Crippen molar-refractivity contribution in [3.63, 3.8) is 0 Å². The van der Waals surface area contributed by atoms with E-state index in [2.05, 4.69) is 22.8 Å². The fourth-order valence-corrected chi connectivity index (χ4v) is 4.05. The molecule has 2 aromatic rings. The van der Waals surface area contributed by atoms with Gasteiger partial charge in [-0.1, -0.05) is 48.5 Å². The molecule has 2 amide bonds. The van der Waals surface area contributed by atoms with E-state index in [0.29, 0.717) is 6.54 Å². The SMILES string of the molecule is COC[C@H](NC(=O)C(CCN(C)C)NC(=O)OCC1c2ccccc2-c2ccccc21)C(=O)O. The summed E-state index contributed by atoms with van der Waals surface area (Å²) in [7, 11) is 5.03. The minimum Gasteiger partial charge on any atom is -0.480 e. The third-order valence-electron chi connectivity index (χ3n) is 5.77.